The Hall–Kier alpha value is -1.84. The molecule has 0 radical (unpaired) electrons. The van der Waals surface area contributed by atoms with Gasteiger partial charge in [-0.2, -0.15) is 0 Å². The maximum atomic E-state index is 11.3. The highest BCUT2D eigenvalue weighted by Gasteiger charge is 2.25. The average molecular weight is 229 g/mol. The Kier molecular flexibility index (Phi) is 2.35. The number of nitrogens with zero attached hydrogens (tertiary/aromatic N) is 3. The molecular weight excluding hydrogens is 214 g/mol. The molecule has 3 heterocycles. The van der Waals surface area contributed by atoms with Crippen LogP contribution in [0.15, 0.2) is 24.4 Å². The summed E-state index contributed by atoms with van der Waals surface area (Å²) in [6, 6.07) is 6.25. The number of rotatable bonds is 2. The molecule has 1 atom stereocenters. The molecule has 4 nitrogen and oxygen atoms in total. The van der Waals surface area contributed by atoms with Crippen LogP contribution in [0, 0.1) is 0 Å². The molecule has 1 unspecified atom stereocenters. The highest BCUT2D eigenvalue weighted by Crippen LogP contribution is 2.27. The fourth-order valence-corrected chi connectivity index (χ4v) is 2.57. The van der Waals surface area contributed by atoms with Crippen LogP contribution in [0.3, 0.4) is 0 Å². The highest BCUT2D eigenvalue weighted by molar-refractivity contribution is 5.83. The average Bonchev–Trinajstić information content (AvgIpc) is 2.91. The van der Waals surface area contributed by atoms with Crippen molar-refractivity contribution >= 4 is 17.8 Å². The van der Waals surface area contributed by atoms with E-state index in [1.54, 1.807) is 0 Å². The van der Waals surface area contributed by atoms with Crippen LogP contribution in [0.1, 0.15) is 30.3 Å². The van der Waals surface area contributed by atoms with Gasteiger partial charge in [0.2, 0.25) is 0 Å². The van der Waals surface area contributed by atoms with Gasteiger partial charge in [-0.25, -0.2) is 4.98 Å². The molecule has 0 saturated carbocycles. The predicted octanol–water partition coefficient (Wildman–Crippen LogP) is 2.14. The summed E-state index contributed by atoms with van der Waals surface area (Å²) in [4.78, 5) is 18.1. The number of fused-ring (bicyclic) bond motifs is 1. The summed E-state index contributed by atoms with van der Waals surface area (Å²) < 4.78 is 1.85. The van der Waals surface area contributed by atoms with Crippen molar-refractivity contribution in [3.63, 3.8) is 0 Å². The monoisotopic (exact) mass is 229 g/mol. The van der Waals surface area contributed by atoms with Gasteiger partial charge in [0.1, 0.15) is 11.3 Å². The third kappa shape index (κ3) is 1.52. The van der Waals surface area contributed by atoms with Gasteiger partial charge in [-0.1, -0.05) is 6.07 Å². The van der Waals surface area contributed by atoms with Crippen molar-refractivity contribution in [1.82, 2.24) is 9.38 Å². The standard InChI is InChI=1S/C13H15N3O/c1-10-5-4-8-15(10)13-11(9-17)16-7-3-2-6-12(16)14-13/h2-3,6-7,9-10H,4-5,8H2,1H3. The lowest BCUT2D eigenvalue weighted by Gasteiger charge is -2.21. The van der Waals surface area contributed by atoms with Gasteiger partial charge >= 0.3 is 0 Å². The minimum absolute atomic E-state index is 0.471. The zero-order chi connectivity index (χ0) is 11.8. The SMILES string of the molecule is CC1CCCN1c1nc2ccccn2c1C=O. The molecule has 1 aliphatic rings. The first-order valence-corrected chi connectivity index (χ1v) is 6.00. The van der Waals surface area contributed by atoms with Gasteiger partial charge in [-0.15, -0.1) is 0 Å². The van der Waals surface area contributed by atoms with Crippen molar-refractivity contribution in [2.75, 3.05) is 11.4 Å². The van der Waals surface area contributed by atoms with E-state index in [-0.39, 0.29) is 0 Å². The van der Waals surface area contributed by atoms with E-state index in [0.717, 1.165) is 24.3 Å². The minimum Gasteiger partial charge on any atom is -0.352 e. The van der Waals surface area contributed by atoms with E-state index in [1.807, 2.05) is 28.8 Å². The minimum atomic E-state index is 0.471. The molecule has 17 heavy (non-hydrogen) atoms. The summed E-state index contributed by atoms with van der Waals surface area (Å²) >= 11 is 0. The molecule has 2 aromatic rings. The lowest BCUT2D eigenvalue weighted by molar-refractivity contribution is 0.111. The number of anilines is 1. The van der Waals surface area contributed by atoms with Crippen molar-refractivity contribution in [2.45, 2.75) is 25.8 Å². The Bertz CT molecular complexity index is 561. The number of hydrogen-bond donors (Lipinski definition) is 0. The molecule has 0 aromatic carbocycles. The van der Waals surface area contributed by atoms with Crippen LogP contribution in [-0.4, -0.2) is 28.3 Å². The summed E-state index contributed by atoms with van der Waals surface area (Å²) in [5.41, 5.74) is 1.50. The third-order valence-electron chi connectivity index (χ3n) is 3.48. The number of hydrogen-bond acceptors (Lipinski definition) is 3. The van der Waals surface area contributed by atoms with Crippen molar-refractivity contribution < 1.29 is 4.79 Å². The van der Waals surface area contributed by atoms with Crippen LogP contribution in [0.5, 0.6) is 0 Å². The molecule has 3 rings (SSSR count). The van der Waals surface area contributed by atoms with Gasteiger partial charge in [-0.3, -0.25) is 9.20 Å². The normalized spacial score (nSPS) is 20.1. The third-order valence-corrected chi connectivity index (χ3v) is 3.48. The maximum Gasteiger partial charge on any atom is 0.170 e. The van der Waals surface area contributed by atoms with Crippen molar-refractivity contribution in [1.29, 1.82) is 0 Å². The van der Waals surface area contributed by atoms with E-state index >= 15 is 0 Å². The summed E-state index contributed by atoms with van der Waals surface area (Å²) in [6.45, 7) is 3.18. The van der Waals surface area contributed by atoms with Crippen LogP contribution >= 0.6 is 0 Å². The summed E-state index contributed by atoms with van der Waals surface area (Å²) in [7, 11) is 0. The number of carbonyl (C=O) groups excluding carboxylic acids is 1. The quantitative estimate of drug-likeness (QED) is 0.740. The first-order chi connectivity index (χ1) is 8.31. The van der Waals surface area contributed by atoms with Gasteiger partial charge in [0.05, 0.1) is 0 Å². The molecule has 2 aromatic heterocycles. The number of carbonyl (C=O) groups is 1. The predicted molar refractivity (Wildman–Crippen MR) is 66.6 cm³/mol. The van der Waals surface area contributed by atoms with Crippen molar-refractivity contribution in [3.05, 3.63) is 30.1 Å². The van der Waals surface area contributed by atoms with Gasteiger partial charge < -0.3 is 4.90 Å². The number of aldehydes is 1. The Balaban J connectivity index is 2.18. The second-order valence-electron chi connectivity index (χ2n) is 4.55. The molecule has 0 amide bonds. The zero-order valence-corrected chi connectivity index (χ0v) is 9.84. The van der Waals surface area contributed by atoms with E-state index < -0.39 is 0 Å². The Labute approximate surface area is 99.9 Å². The molecule has 0 aliphatic carbocycles. The Morgan fingerprint density at radius 2 is 2.35 bits per heavy atom. The lowest BCUT2D eigenvalue weighted by Crippen LogP contribution is -2.27. The smallest absolute Gasteiger partial charge is 0.170 e. The van der Waals surface area contributed by atoms with E-state index in [9.17, 15) is 4.79 Å². The van der Waals surface area contributed by atoms with E-state index in [1.165, 1.54) is 12.8 Å². The van der Waals surface area contributed by atoms with Crippen molar-refractivity contribution in [3.8, 4) is 0 Å². The molecule has 0 spiro atoms. The molecule has 4 heteroatoms. The van der Waals surface area contributed by atoms with Crippen LogP contribution < -0.4 is 4.90 Å². The maximum absolute atomic E-state index is 11.3. The van der Waals surface area contributed by atoms with Crippen LogP contribution in [0.4, 0.5) is 5.82 Å². The fourth-order valence-electron chi connectivity index (χ4n) is 2.57. The van der Waals surface area contributed by atoms with Crippen LogP contribution in [-0.2, 0) is 0 Å². The first kappa shape index (κ1) is 10.3. The Morgan fingerprint density at radius 1 is 1.47 bits per heavy atom. The highest BCUT2D eigenvalue weighted by atomic mass is 16.1. The molecule has 88 valence electrons. The second kappa shape index (κ2) is 3.87. The van der Waals surface area contributed by atoms with E-state index in [2.05, 4.69) is 16.8 Å². The first-order valence-electron chi connectivity index (χ1n) is 6.00. The summed E-state index contributed by atoms with van der Waals surface area (Å²) in [6.07, 6.45) is 5.14. The van der Waals surface area contributed by atoms with E-state index in [4.69, 9.17) is 0 Å². The van der Waals surface area contributed by atoms with Gasteiger partial charge in [0.25, 0.3) is 0 Å². The van der Waals surface area contributed by atoms with Gasteiger partial charge in [0.15, 0.2) is 12.1 Å². The summed E-state index contributed by atoms with van der Waals surface area (Å²) in [5, 5.41) is 0. The van der Waals surface area contributed by atoms with E-state index in [0.29, 0.717) is 11.7 Å². The molecule has 1 saturated heterocycles. The fraction of sp³-hybridized carbons (Fsp3) is 0.385. The molecular formula is C13H15N3O. The largest absolute Gasteiger partial charge is 0.352 e. The van der Waals surface area contributed by atoms with Crippen molar-refractivity contribution in [2.24, 2.45) is 0 Å². The molecule has 1 fully saturated rings. The van der Waals surface area contributed by atoms with Crippen LogP contribution in [0.2, 0.25) is 0 Å². The number of pyridine rings is 1. The lowest BCUT2D eigenvalue weighted by atomic mass is 10.2. The summed E-state index contributed by atoms with van der Waals surface area (Å²) in [5.74, 6) is 0.830. The Morgan fingerprint density at radius 3 is 3.06 bits per heavy atom. The number of aromatic nitrogens is 2. The zero-order valence-electron chi connectivity index (χ0n) is 9.84. The second-order valence-corrected chi connectivity index (χ2v) is 4.55. The van der Waals surface area contributed by atoms with Gasteiger partial charge in [0, 0.05) is 18.8 Å². The number of imidazole rings is 1. The molecule has 0 N–H and O–H groups in total. The topological polar surface area (TPSA) is 37.6 Å². The molecule has 1 aliphatic heterocycles. The molecule has 0 bridgehead atoms. The van der Waals surface area contributed by atoms with Gasteiger partial charge in [-0.05, 0) is 31.9 Å². The van der Waals surface area contributed by atoms with Crippen LogP contribution in [0.25, 0.3) is 5.65 Å².